The Balaban J connectivity index is 3.00. The Hall–Kier alpha value is -1.43. The summed E-state index contributed by atoms with van der Waals surface area (Å²) in [6, 6.07) is 3.21. The van der Waals surface area contributed by atoms with Crippen LogP contribution in [-0.4, -0.2) is 34.3 Å². The number of halogens is 1. The fraction of sp³-hybridized carbons (Fsp3) is 0.364. The van der Waals surface area contributed by atoms with Crippen molar-refractivity contribution in [1.29, 1.82) is 0 Å². The number of pyridine rings is 1. The molecule has 1 aromatic rings. The molecular formula is C11H14BrN3O2. The topological polar surface area (TPSA) is 76.3 Å². The summed E-state index contributed by atoms with van der Waals surface area (Å²) in [6.45, 7) is 3.55. The average Bonchev–Trinajstić information content (AvgIpc) is 2.25. The van der Waals surface area contributed by atoms with E-state index in [0.29, 0.717) is 10.2 Å². The molecule has 0 radical (unpaired) electrons. The maximum Gasteiger partial charge on any atom is 0.257 e. The molecule has 1 aromatic heterocycles. The van der Waals surface area contributed by atoms with E-state index in [1.807, 2.05) is 13.8 Å². The summed E-state index contributed by atoms with van der Waals surface area (Å²) in [6.07, 6.45) is 1.58. The van der Waals surface area contributed by atoms with Crippen LogP contribution >= 0.6 is 15.9 Å². The van der Waals surface area contributed by atoms with Crippen LogP contribution in [0.1, 0.15) is 24.2 Å². The summed E-state index contributed by atoms with van der Waals surface area (Å²) in [4.78, 5) is 28.5. The zero-order valence-corrected chi connectivity index (χ0v) is 11.3. The van der Waals surface area contributed by atoms with Crippen LogP contribution in [0.4, 0.5) is 0 Å². The van der Waals surface area contributed by atoms with Gasteiger partial charge in [0, 0.05) is 12.2 Å². The maximum absolute atomic E-state index is 12.2. The van der Waals surface area contributed by atoms with Gasteiger partial charge in [-0.25, -0.2) is 4.98 Å². The summed E-state index contributed by atoms with van der Waals surface area (Å²) in [5, 5.41) is 0. The van der Waals surface area contributed by atoms with Gasteiger partial charge in [-0.1, -0.05) is 0 Å². The molecule has 0 unspecified atom stereocenters. The summed E-state index contributed by atoms with van der Waals surface area (Å²) in [5.41, 5.74) is 5.54. The summed E-state index contributed by atoms with van der Waals surface area (Å²) >= 11 is 3.21. The van der Waals surface area contributed by atoms with Gasteiger partial charge in [-0.2, -0.15) is 0 Å². The molecular weight excluding hydrogens is 286 g/mol. The number of amides is 2. The molecule has 2 amide bonds. The minimum Gasteiger partial charge on any atom is -0.368 e. The third-order valence-electron chi connectivity index (χ3n) is 2.20. The summed E-state index contributed by atoms with van der Waals surface area (Å²) < 4.78 is 0.458. The van der Waals surface area contributed by atoms with Crippen molar-refractivity contribution in [3.8, 4) is 0 Å². The Kier molecular flexibility index (Phi) is 4.62. The number of carbonyl (C=O) groups excluding carboxylic acids is 2. The molecule has 17 heavy (non-hydrogen) atoms. The van der Waals surface area contributed by atoms with E-state index < -0.39 is 5.91 Å². The molecule has 2 N–H and O–H groups in total. The number of rotatable bonds is 4. The SMILES string of the molecule is CC(C)N(CC(N)=O)C(=O)c1cccnc1Br. The van der Waals surface area contributed by atoms with Gasteiger partial charge in [0.25, 0.3) is 5.91 Å². The van der Waals surface area contributed by atoms with Crippen LogP contribution in [0.5, 0.6) is 0 Å². The van der Waals surface area contributed by atoms with Gasteiger partial charge in [0.1, 0.15) is 4.60 Å². The smallest absolute Gasteiger partial charge is 0.257 e. The van der Waals surface area contributed by atoms with Crippen LogP contribution in [0.25, 0.3) is 0 Å². The van der Waals surface area contributed by atoms with Crippen LogP contribution in [0, 0.1) is 0 Å². The number of nitrogens with zero attached hydrogens (tertiary/aromatic N) is 2. The Labute approximate surface area is 108 Å². The van der Waals surface area contributed by atoms with Crippen molar-refractivity contribution >= 4 is 27.7 Å². The predicted octanol–water partition coefficient (Wildman–Crippen LogP) is 1.18. The molecule has 0 saturated heterocycles. The van der Waals surface area contributed by atoms with Crippen LogP contribution in [0.3, 0.4) is 0 Å². The molecule has 0 aromatic carbocycles. The van der Waals surface area contributed by atoms with Crippen molar-refractivity contribution < 1.29 is 9.59 Å². The zero-order chi connectivity index (χ0) is 13.0. The van der Waals surface area contributed by atoms with Crippen LogP contribution < -0.4 is 5.73 Å². The summed E-state index contributed by atoms with van der Waals surface area (Å²) in [5.74, 6) is -0.800. The second-order valence-electron chi connectivity index (χ2n) is 3.83. The van der Waals surface area contributed by atoms with Gasteiger partial charge in [-0.3, -0.25) is 9.59 Å². The molecule has 0 aliphatic rings. The van der Waals surface area contributed by atoms with Crippen molar-refractivity contribution in [1.82, 2.24) is 9.88 Å². The van der Waals surface area contributed by atoms with Gasteiger partial charge in [0.05, 0.1) is 12.1 Å². The fourth-order valence-corrected chi connectivity index (χ4v) is 1.78. The Morgan fingerprint density at radius 3 is 2.65 bits per heavy atom. The minimum absolute atomic E-state index is 0.0994. The van der Waals surface area contributed by atoms with E-state index in [4.69, 9.17) is 5.73 Å². The zero-order valence-electron chi connectivity index (χ0n) is 9.68. The molecule has 0 atom stereocenters. The lowest BCUT2D eigenvalue weighted by atomic mass is 10.2. The molecule has 0 saturated carbocycles. The lowest BCUT2D eigenvalue weighted by molar-refractivity contribution is -0.119. The van der Waals surface area contributed by atoms with Gasteiger partial charge in [0.2, 0.25) is 5.91 Å². The Bertz CT molecular complexity index is 434. The van der Waals surface area contributed by atoms with E-state index in [1.54, 1.807) is 18.3 Å². The van der Waals surface area contributed by atoms with E-state index in [0.717, 1.165) is 0 Å². The Morgan fingerprint density at radius 2 is 2.18 bits per heavy atom. The maximum atomic E-state index is 12.2. The highest BCUT2D eigenvalue weighted by atomic mass is 79.9. The lowest BCUT2D eigenvalue weighted by Gasteiger charge is -2.25. The predicted molar refractivity (Wildman–Crippen MR) is 67.3 cm³/mol. The lowest BCUT2D eigenvalue weighted by Crippen LogP contribution is -2.42. The number of nitrogens with two attached hydrogens (primary N) is 1. The van der Waals surface area contributed by atoms with Gasteiger partial charge in [-0.15, -0.1) is 0 Å². The molecule has 0 fully saturated rings. The molecule has 0 aliphatic carbocycles. The second kappa shape index (κ2) is 5.77. The molecule has 0 bridgehead atoms. The monoisotopic (exact) mass is 299 g/mol. The van der Waals surface area contributed by atoms with Crippen LogP contribution in [0.15, 0.2) is 22.9 Å². The van der Waals surface area contributed by atoms with Gasteiger partial charge >= 0.3 is 0 Å². The normalized spacial score (nSPS) is 10.4. The first-order valence-corrected chi connectivity index (χ1v) is 5.92. The third kappa shape index (κ3) is 3.52. The first-order chi connectivity index (χ1) is 7.93. The molecule has 6 heteroatoms. The summed E-state index contributed by atoms with van der Waals surface area (Å²) in [7, 11) is 0. The van der Waals surface area contributed by atoms with E-state index in [-0.39, 0.29) is 18.5 Å². The molecule has 5 nitrogen and oxygen atoms in total. The van der Waals surface area contributed by atoms with Crippen molar-refractivity contribution in [2.75, 3.05) is 6.54 Å². The number of hydrogen-bond acceptors (Lipinski definition) is 3. The highest BCUT2D eigenvalue weighted by molar-refractivity contribution is 9.10. The van der Waals surface area contributed by atoms with E-state index in [1.165, 1.54) is 4.90 Å². The third-order valence-corrected chi connectivity index (χ3v) is 2.83. The number of aromatic nitrogens is 1. The quantitative estimate of drug-likeness (QED) is 0.848. The largest absolute Gasteiger partial charge is 0.368 e. The fourth-order valence-electron chi connectivity index (χ4n) is 1.36. The van der Waals surface area contributed by atoms with E-state index in [2.05, 4.69) is 20.9 Å². The molecule has 0 aliphatic heterocycles. The molecule has 92 valence electrons. The molecule has 0 spiro atoms. The van der Waals surface area contributed by atoms with Gasteiger partial charge in [-0.05, 0) is 41.9 Å². The first kappa shape index (κ1) is 13.6. The van der Waals surface area contributed by atoms with Crippen LogP contribution in [0.2, 0.25) is 0 Å². The van der Waals surface area contributed by atoms with E-state index in [9.17, 15) is 9.59 Å². The number of primary amides is 1. The van der Waals surface area contributed by atoms with Gasteiger partial charge < -0.3 is 10.6 Å². The van der Waals surface area contributed by atoms with Crippen molar-refractivity contribution in [2.24, 2.45) is 5.73 Å². The van der Waals surface area contributed by atoms with Crippen molar-refractivity contribution in [3.63, 3.8) is 0 Å². The van der Waals surface area contributed by atoms with Gasteiger partial charge in [0.15, 0.2) is 0 Å². The standard InChI is InChI=1S/C11H14BrN3O2/c1-7(2)15(6-9(13)16)11(17)8-4-3-5-14-10(8)12/h3-5,7H,6H2,1-2H3,(H2,13,16). The minimum atomic E-state index is -0.535. The highest BCUT2D eigenvalue weighted by Gasteiger charge is 2.22. The molecule has 1 rings (SSSR count). The van der Waals surface area contributed by atoms with Crippen LogP contribution in [-0.2, 0) is 4.79 Å². The van der Waals surface area contributed by atoms with Crippen molar-refractivity contribution in [3.05, 3.63) is 28.5 Å². The Morgan fingerprint density at radius 1 is 1.53 bits per heavy atom. The first-order valence-electron chi connectivity index (χ1n) is 5.13. The average molecular weight is 300 g/mol. The highest BCUT2D eigenvalue weighted by Crippen LogP contribution is 2.16. The van der Waals surface area contributed by atoms with E-state index >= 15 is 0 Å². The molecule has 1 heterocycles. The number of carbonyl (C=O) groups is 2. The van der Waals surface area contributed by atoms with Crippen molar-refractivity contribution in [2.45, 2.75) is 19.9 Å². The second-order valence-corrected chi connectivity index (χ2v) is 4.59. The number of hydrogen-bond donors (Lipinski definition) is 1.